The number of sulfonamides is 1. The molecule has 1 aliphatic rings. The Bertz CT molecular complexity index is 1130. The molecule has 1 aromatic heterocycles. The molecule has 0 spiro atoms. The number of nitrogens with zero attached hydrogens (tertiary/aromatic N) is 2. The molecule has 3 rings (SSSR count). The van der Waals surface area contributed by atoms with Gasteiger partial charge in [-0.15, -0.1) is 0 Å². The SMILES string of the molecule is CCn1c(C)c(C(=O)CN(CC2CCCO2)S(=O)(=O)c2ccc(Cl)cc2)c(C)c1C(=O)OC. The molecule has 2 heterocycles. The van der Waals surface area contributed by atoms with Crippen LogP contribution in [0.1, 0.15) is 51.9 Å². The van der Waals surface area contributed by atoms with Crippen LogP contribution in [0.2, 0.25) is 5.02 Å². The van der Waals surface area contributed by atoms with Gasteiger partial charge in [0.1, 0.15) is 5.69 Å². The number of carbonyl (C=O) groups is 2. The summed E-state index contributed by atoms with van der Waals surface area (Å²) in [5.41, 5.74) is 1.71. The minimum atomic E-state index is -3.99. The zero-order chi connectivity index (χ0) is 24.3. The van der Waals surface area contributed by atoms with Gasteiger partial charge >= 0.3 is 5.97 Å². The molecule has 0 amide bonds. The fourth-order valence-corrected chi connectivity index (χ4v) is 5.87. The Morgan fingerprint density at radius 1 is 1.24 bits per heavy atom. The third-order valence-corrected chi connectivity index (χ3v) is 8.02. The van der Waals surface area contributed by atoms with Gasteiger partial charge in [-0.2, -0.15) is 4.31 Å². The van der Waals surface area contributed by atoms with E-state index >= 15 is 0 Å². The summed E-state index contributed by atoms with van der Waals surface area (Å²) in [5, 5.41) is 0.415. The highest BCUT2D eigenvalue weighted by Gasteiger charge is 2.33. The van der Waals surface area contributed by atoms with Gasteiger partial charge < -0.3 is 14.0 Å². The van der Waals surface area contributed by atoms with Crippen molar-refractivity contribution in [2.24, 2.45) is 0 Å². The van der Waals surface area contributed by atoms with Crippen molar-refractivity contribution in [3.63, 3.8) is 0 Å². The lowest BCUT2D eigenvalue weighted by molar-refractivity contribution is 0.0587. The van der Waals surface area contributed by atoms with Crippen LogP contribution in [0.15, 0.2) is 29.2 Å². The van der Waals surface area contributed by atoms with E-state index < -0.39 is 21.8 Å². The summed E-state index contributed by atoms with van der Waals surface area (Å²) < 4.78 is 40.3. The standard InChI is InChI=1S/C23H29ClN2O6S/c1-5-26-16(3)21(15(2)22(26)23(28)31-4)20(27)14-25(13-18-7-6-12-32-18)33(29,30)19-10-8-17(24)9-11-19/h8-11,18H,5-7,12-14H2,1-4H3. The van der Waals surface area contributed by atoms with Gasteiger partial charge in [-0.3, -0.25) is 4.79 Å². The summed E-state index contributed by atoms with van der Waals surface area (Å²) in [6, 6.07) is 5.84. The maximum atomic E-state index is 13.5. The van der Waals surface area contributed by atoms with Crippen LogP contribution in [-0.2, 0) is 26.0 Å². The topological polar surface area (TPSA) is 94.9 Å². The molecule has 1 aromatic carbocycles. The highest BCUT2D eigenvalue weighted by molar-refractivity contribution is 7.89. The molecular weight excluding hydrogens is 468 g/mol. The fourth-order valence-electron chi connectivity index (χ4n) is 4.32. The molecule has 1 fully saturated rings. The lowest BCUT2D eigenvalue weighted by Gasteiger charge is -2.24. The van der Waals surface area contributed by atoms with Crippen molar-refractivity contribution in [1.29, 1.82) is 0 Å². The quantitative estimate of drug-likeness (QED) is 0.388. The van der Waals surface area contributed by atoms with Gasteiger partial charge in [0.25, 0.3) is 0 Å². The van der Waals surface area contributed by atoms with Crippen molar-refractivity contribution in [2.45, 2.75) is 51.2 Å². The van der Waals surface area contributed by atoms with E-state index in [0.717, 1.165) is 17.1 Å². The monoisotopic (exact) mass is 496 g/mol. The van der Waals surface area contributed by atoms with Crippen LogP contribution in [-0.4, -0.2) is 62.0 Å². The zero-order valence-corrected chi connectivity index (χ0v) is 20.8. The molecule has 1 atom stereocenters. The molecule has 0 aliphatic carbocycles. The van der Waals surface area contributed by atoms with Gasteiger partial charge in [0.15, 0.2) is 5.78 Å². The second-order valence-electron chi connectivity index (χ2n) is 7.98. The first-order chi connectivity index (χ1) is 15.6. The molecule has 1 saturated heterocycles. The van der Waals surface area contributed by atoms with Gasteiger partial charge in [0.05, 0.1) is 24.7 Å². The molecule has 10 heteroatoms. The van der Waals surface area contributed by atoms with E-state index in [9.17, 15) is 18.0 Å². The lowest BCUT2D eigenvalue weighted by atomic mass is 10.1. The summed E-state index contributed by atoms with van der Waals surface area (Å²) >= 11 is 5.92. The molecule has 0 bridgehead atoms. The van der Waals surface area contributed by atoms with E-state index in [1.807, 2.05) is 6.92 Å². The first kappa shape index (κ1) is 25.4. The molecule has 0 radical (unpaired) electrons. The molecular formula is C23H29ClN2O6S. The average molecular weight is 497 g/mol. The summed E-state index contributed by atoms with van der Waals surface area (Å²) in [6.45, 7) is 6.00. The normalized spacial score (nSPS) is 16.4. The Morgan fingerprint density at radius 3 is 2.45 bits per heavy atom. The summed E-state index contributed by atoms with van der Waals surface area (Å²) in [4.78, 5) is 25.8. The van der Waals surface area contributed by atoms with Crippen LogP contribution in [0.25, 0.3) is 0 Å². The number of halogens is 1. The van der Waals surface area contributed by atoms with Crippen molar-refractivity contribution < 1.29 is 27.5 Å². The average Bonchev–Trinajstić information content (AvgIpc) is 3.38. The van der Waals surface area contributed by atoms with Crippen LogP contribution in [0, 0.1) is 13.8 Å². The van der Waals surface area contributed by atoms with E-state index in [2.05, 4.69) is 0 Å². The first-order valence-electron chi connectivity index (χ1n) is 10.8. The van der Waals surface area contributed by atoms with Crippen LogP contribution in [0.4, 0.5) is 0 Å². The minimum absolute atomic E-state index is 0.0486. The third-order valence-electron chi connectivity index (χ3n) is 5.94. The van der Waals surface area contributed by atoms with Gasteiger partial charge in [0, 0.05) is 36.0 Å². The molecule has 1 unspecified atom stereocenters. The summed E-state index contributed by atoms with van der Waals surface area (Å²) in [5.74, 6) is -0.931. The Kier molecular flexibility index (Phi) is 8.00. The number of aromatic nitrogens is 1. The summed E-state index contributed by atoms with van der Waals surface area (Å²) in [6.07, 6.45) is 1.28. The number of benzene rings is 1. The molecule has 180 valence electrons. The Labute approximate surface area is 199 Å². The Hall–Kier alpha value is -2.20. The lowest BCUT2D eigenvalue weighted by Crippen LogP contribution is -2.41. The number of ketones is 1. The van der Waals surface area contributed by atoms with Crippen LogP contribution < -0.4 is 0 Å². The fraction of sp³-hybridized carbons (Fsp3) is 0.478. The number of carbonyl (C=O) groups excluding carboxylic acids is 2. The van der Waals surface area contributed by atoms with E-state index in [-0.39, 0.29) is 24.1 Å². The molecule has 8 nitrogen and oxygen atoms in total. The predicted octanol–water partition coefficient (Wildman–Crippen LogP) is 3.62. The van der Waals surface area contributed by atoms with Crippen molar-refractivity contribution >= 4 is 33.4 Å². The maximum absolute atomic E-state index is 13.5. The molecule has 33 heavy (non-hydrogen) atoms. The van der Waals surface area contributed by atoms with E-state index in [0.29, 0.717) is 40.7 Å². The van der Waals surface area contributed by atoms with Gasteiger partial charge in [-0.05, 0) is 63.4 Å². The van der Waals surface area contributed by atoms with Crippen LogP contribution >= 0.6 is 11.6 Å². The smallest absolute Gasteiger partial charge is 0.354 e. The number of esters is 1. The second-order valence-corrected chi connectivity index (χ2v) is 10.4. The number of ether oxygens (including phenoxy) is 2. The number of Topliss-reactive ketones (excluding diaryl/α,β-unsaturated/α-hetero) is 1. The first-order valence-corrected chi connectivity index (χ1v) is 12.6. The van der Waals surface area contributed by atoms with Gasteiger partial charge in [-0.25, -0.2) is 13.2 Å². The van der Waals surface area contributed by atoms with E-state index in [4.69, 9.17) is 21.1 Å². The third kappa shape index (κ3) is 5.16. The Morgan fingerprint density at radius 2 is 1.91 bits per heavy atom. The second kappa shape index (κ2) is 10.4. The predicted molar refractivity (Wildman–Crippen MR) is 124 cm³/mol. The van der Waals surface area contributed by atoms with Crippen molar-refractivity contribution in [3.05, 3.63) is 51.8 Å². The number of rotatable bonds is 9. The summed E-state index contributed by atoms with van der Waals surface area (Å²) in [7, 11) is -2.70. The number of hydrogen-bond acceptors (Lipinski definition) is 6. The van der Waals surface area contributed by atoms with E-state index in [1.165, 1.54) is 31.4 Å². The minimum Gasteiger partial charge on any atom is -0.464 e. The van der Waals surface area contributed by atoms with Gasteiger partial charge in [0.2, 0.25) is 10.0 Å². The highest BCUT2D eigenvalue weighted by Crippen LogP contribution is 2.26. The van der Waals surface area contributed by atoms with Gasteiger partial charge in [-0.1, -0.05) is 11.6 Å². The molecule has 0 saturated carbocycles. The molecule has 1 aliphatic heterocycles. The molecule has 0 N–H and O–H groups in total. The largest absolute Gasteiger partial charge is 0.464 e. The van der Waals surface area contributed by atoms with Crippen LogP contribution in [0.5, 0.6) is 0 Å². The number of hydrogen-bond donors (Lipinski definition) is 0. The van der Waals surface area contributed by atoms with Crippen molar-refractivity contribution in [1.82, 2.24) is 8.87 Å². The van der Waals surface area contributed by atoms with Crippen molar-refractivity contribution in [2.75, 3.05) is 26.8 Å². The number of methoxy groups -OCH3 is 1. The molecule has 2 aromatic rings. The van der Waals surface area contributed by atoms with E-state index in [1.54, 1.807) is 18.4 Å². The highest BCUT2D eigenvalue weighted by atomic mass is 35.5. The Balaban J connectivity index is 1.99. The van der Waals surface area contributed by atoms with Crippen molar-refractivity contribution in [3.8, 4) is 0 Å². The van der Waals surface area contributed by atoms with Crippen LogP contribution in [0.3, 0.4) is 0 Å². The zero-order valence-electron chi connectivity index (χ0n) is 19.3. The maximum Gasteiger partial charge on any atom is 0.354 e.